The summed E-state index contributed by atoms with van der Waals surface area (Å²) in [5.41, 5.74) is 7.38. The fourth-order valence-corrected chi connectivity index (χ4v) is 3.05. The molecule has 0 saturated heterocycles. The summed E-state index contributed by atoms with van der Waals surface area (Å²) in [5.74, 6) is 0.841. The summed E-state index contributed by atoms with van der Waals surface area (Å²) < 4.78 is 0. The number of nitrogens with two attached hydrogens (primary N) is 1. The molecule has 0 aliphatic heterocycles. The maximum absolute atomic E-state index is 6.20. The third-order valence-electron chi connectivity index (χ3n) is 3.59. The van der Waals surface area contributed by atoms with E-state index in [0.717, 1.165) is 18.8 Å². The molecule has 3 heteroatoms. The first-order valence-electron chi connectivity index (χ1n) is 6.34. The van der Waals surface area contributed by atoms with Gasteiger partial charge >= 0.3 is 0 Å². The zero-order chi connectivity index (χ0) is 12.3. The van der Waals surface area contributed by atoms with Crippen LogP contribution in [0.25, 0.3) is 0 Å². The minimum atomic E-state index is 0.246. The molecule has 1 aromatic rings. The Labute approximate surface area is 113 Å². The summed E-state index contributed by atoms with van der Waals surface area (Å²) in [6.45, 7) is 0. The molecule has 0 spiro atoms. The average Bonchev–Trinajstić information content (AvgIpc) is 2.76. The van der Waals surface area contributed by atoms with Crippen molar-refractivity contribution in [1.82, 2.24) is 0 Å². The third kappa shape index (κ3) is 3.87. The monoisotopic (exact) mass is 271 g/mol. The fourth-order valence-electron chi connectivity index (χ4n) is 2.73. The third-order valence-corrected chi connectivity index (χ3v) is 4.33. The fraction of sp³-hybridized carbons (Fsp3) is 0.571. The molecule has 1 nitrogen and oxygen atoms in total. The number of benzene rings is 1. The maximum Gasteiger partial charge on any atom is 0.0595 e. The normalized spacial score (nSPS) is 18.5. The highest BCUT2D eigenvalue weighted by Gasteiger charge is 2.18. The molecule has 2 rings (SSSR count). The van der Waals surface area contributed by atoms with E-state index in [9.17, 15) is 0 Å². The summed E-state index contributed by atoms with van der Waals surface area (Å²) in [6.07, 6.45) is 7.51. The summed E-state index contributed by atoms with van der Waals surface area (Å²) in [5, 5.41) is 1.23. The summed E-state index contributed by atoms with van der Waals surface area (Å²) in [6, 6.07) is 6.04. The van der Waals surface area contributed by atoms with Gasteiger partial charge in [0, 0.05) is 6.04 Å². The van der Waals surface area contributed by atoms with Crippen molar-refractivity contribution in [3.8, 4) is 0 Å². The van der Waals surface area contributed by atoms with Gasteiger partial charge in [0.1, 0.15) is 0 Å². The minimum Gasteiger partial charge on any atom is -0.327 e. The molecule has 0 radical (unpaired) electrons. The molecule has 1 aliphatic rings. The van der Waals surface area contributed by atoms with E-state index >= 15 is 0 Å². The molecule has 0 amide bonds. The van der Waals surface area contributed by atoms with Crippen molar-refractivity contribution in [2.75, 3.05) is 0 Å². The Balaban J connectivity index is 1.88. The van der Waals surface area contributed by atoms with Crippen molar-refractivity contribution in [1.29, 1.82) is 0 Å². The van der Waals surface area contributed by atoms with E-state index in [1.807, 2.05) is 18.2 Å². The summed E-state index contributed by atoms with van der Waals surface area (Å²) in [7, 11) is 0. The van der Waals surface area contributed by atoms with Crippen LogP contribution in [0.2, 0.25) is 10.0 Å². The van der Waals surface area contributed by atoms with Gasteiger partial charge in [0.2, 0.25) is 0 Å². The van der Waals surface area contributed by atoms with Gasteiger partial charge in [-0.15, -0.1) is 0 Å². The Morgan fingerprint density at radius 1 is 1.18 bits per heavy atom. The van der Waals surface area contributed by atoms with Gasteiger partial charge in [-0.05, 0) is 36.5 Å². The highest BCUT2D eigenvalue weighted by Crippen LogP contribution is 2.29. The molecule has 1 saturated carbocycles. The van der Waals surface area contributed by atoms with E-state index in [4.69, 9.17) is 28.9 Å². The number of rotatable bonds is 4. The molecule has 1 unspecified atom stereocenters. The van der Waals surface area contributed by atoms with Gasteiger partial charge in [-0.2, -0.15) is 0 Å². The molecule has 1 aromatic carbocycles. The Bertz CT molecular complexity index is 372. The molecule has 1 aliphatic carbocycles. The predicted molar refractivity (Wildman–Crippen MR) is 74.7 cm³/mol. The van der Waals surface area contributed by atoms with Crippen LogP contribution in [0, 0.1) is 5.92 Å². The Kier molecular flexibility index (Phi) is 4.72. The van der Waals surface area contributed by atoms with Gasteiger partial charge in [0.25, 0.3) is 0 Å². The zero-order valence-corrected chi connectivity index (χ0v) is 11.5. The lowest BCUT2D eigenvalue weighted by atomic mass is 9.95. The van der Waals surface area contributed by atoms with Crippen molar-refractivity contribution in [2.45, 2.75) is 44.6 Å². The van der Waals surface area contributed by atoms with Crippen molar-refractivity contribution >= 4 is 23.2 Å². The van der Waals surface area contributed by atoms with Crippen molar-refractivity contribution in [3.05, 3.63) is 33.8 Å². The van der Waals surface area contributed by atoms with Crippen LogP contribution in [0.1, 0.15) is 37.7 Å². The molecular formula is C14H19Cl2N. The molecule has 0 aromatic heterocycles. The van der Waals surface area contributed by atoms with E-state index in [1.165, 1.54) is 31.2 Å². The molecular weight excluding hydrogens is 253 g/mol. The molecule has 0 heterocycles. The van der Waals surface area contributed by atoms with Crippen LogP contribution in [-0.4, -0.2) is 6.04 Å². The van der Waals surface area contributed by atoms with Crippen molar-refractivity contribution in [2.24, 2.45) is 11.7 Å². The first kappa shape index (κ1) is 13.2. The van der Waals surface area contributed by atoms with Gasteiger partial charge in [0.05, 0.1) is 10.0 Å². The summed E-state index contributed by atoms with van der Waals surface area (Å²) in [4.78, 5) is 0. The Hall–Kier alpha value is -0.240. The lowest BCUT2D eigenvalue weighted by Gasteiger charge is -2.16. The number of hydrogen-bond acceptors (Lipinski definition) is 1. The summed E-state index contributed by atoms with van der Waals surface area (Å²) >= 11 is 11.9. The average molecular weight is 272 g/mol. The standard InChI is InChI=1S/C14H19Cl2N/c15-13-6-5-11(9-14(13)16)8-12(17)7-10-3-1-2-4-10/h5-6,9-10,12H,1-4,7-8,17H2. The van der Waals surface area contributed by atoms with E-state index in [2.05, 4.69) is 0 Å². The second kappa shape index (κ2) is 6.08. The van der Waals surface area contributed by atoms with E-state index in [1.54, 1.807) is 0 Å². The van der Waals surface area contributed by atoms with E-state index in [-0.39, 0.29) is 6.04 Å². The van der Waals surface area contributed by atoms with Crippen molar-refractivity contribution in [3.63, 3.8) is 0 Å². The largest absolute Gasteiger partial charge is 0.327 e. The highest BCUT2D eigenvalue weighted by molar-refractivity contribution is 6.42. The maximum atomic E-state index is 6.20. The Morgan fingerprint density at radius 3 is 2.53 bits per heavy atom. The Morgan fingerprint density at radius 2 is 1.88 bits per heavy atom. The van der Waals surface area contributed by atoms with Gasteiger partial charge in [0.15, 0.2) is 0 Å². The second-order valence-corrected chi connectivity index (χ2v) is 5.91. The van der Waals surface area contributed by atoms with Crippen LogP contribution < -0.4 is 5.73 Å². The number of hydrogen-bond donors (Lipinski definition) is 1. The van der Waals surface area contributed by atoms with Gasteiger partial charge < -0.3 is 5.73 Å². The quantitative estimate of drug-likeness (QED) is 0.861. The van der Waals surface area contributed by atoms with E-state index < -0.39 is 0 Å². The molecule has 94 valence electrons. The highest BCUT2D eigenvalue weighted by atomic mass is 35.5. The first-order chi connectivity index (χ1) is 8.15. The molecule has 1 atom stereocenters. The number of halogens is 2. The van der Waals surface area contributed by atoms with Crippen LogP contribution >= 0.6 is 23.2 Å². The molecule has 0 bridgehead atoms. The zero-order valence-electron chi connectivity index (χ0n) is 9.96. The minimum absolute atomic E-state index is 0.246. The smallest absolute Gasteiger partial charge is 0.0595 e. The predicted octanol–water partition coefficient (Wildman–Crippen LogP) is 4.44. The van der Waals surface area contributed by atoms with Crippen LogP contribution in [0.15, 0.2) is 18.2 Å². The second-order valence-electron chi connectivity index (χ2n) is 5.10. The lowest BCUT2D eigenvalue weighted by Crippen LogP contribution is -2.25. The SMILES string of the molecule is NC(Cc1ccc(Cl)c(Cl)c1)CC1CCCC1. The van der Waals surface area contributed by atoms with Gasteiger partial charge in [-0.1, -0.05) is 55.0 Å². The molecule has 2 N–H and O–H groups in total. The lowest BCUT2D eigenvalue weighted by molar-refractivity contribution is 0.440. The van der Waals surface area contributed by atoms with Crippen molar-refractivity contribution < 1.29 is 0 Å². The van der Waals surface area contributed by atoms with Gasteiger partial charge in [-0.25, -0.2) is 0 Å². The van der Waals surface area contributed by atoms with Crippen LogP contribution in [0.4, 0.5) is 0 Å². The van der Waals surface area contributed by atoms with Crippen LogP contribution in [0.5, 0.6) is 0 Å². The molecule has 17 heavy (non-hydrogen) atoms. The first-order valence-corrected chi connectivity index (χ1v) is 7.10. The topological polar surface area (TPSA) is 26.0 Å². The van der Waals surface area contributed by atoms with E-state index in [0.29, 0.717) is 10.0 Å². The van der Waals surface area contributed by atoms with Gasteiger partial charge in [-0.3, -0.25) is 0 Å². The van der Waals surface area contributed by atoms with Crippen LogP contribution in [-0.2, 0) is 6.42 Å². The molecule has 1 fully saturated rings. The van der Waals surface area contributed by atoms with Crippen LogP contribution in [0.3, 0.4) is 0 Å².